The van der Waals surface area contributed by atoms with E-state index in [9.17, 15) is 9.59 Å². The highest BCUT2D eigenvalue weighted by atomic mass is 127. The number of nitrogens with zero attached hydrogens (tertiary/aromatic N) is 2. The number of hydrogen-bond donors (Lipinski definition) is 0. The summed E-state index contributed by atoms with van der Waals surface area (Å²) in [5.41, 5.74) is 2.85. The minimum atomic E-state index is -0.783. The van der Waals surface area contributed by atoms with E-state index in [1.807, 2.05) is 74.5 Å². The molecule has 8 nitrogen and oxygen atoms in total. The molecule has 0 aliphatic carbocycles. The third-order valence-corrected chi connectivity index (χ3v) is 8.93. The Hall–Kier alpha value is -3.61. The van der Waals surface area contributed by atoms with Crippen LogP contribution in [0.2, 0.25) is 5.02 Å². The Balaban J connectivity index is 1.60. The molecule has 1 aliphatic heterocycles. The largest absolute Gasteiger partial charge is 0.493 e. The van der Waals surface area contributed by atoms with Gasteiger partial charge in [-0.25, -0.2) is 9.79 Å². The quantitative estimate of drug-likeness (QED) is 0.137. The first-order valence-corrected chi connectivity index (χ1v) is 16.6. The van der Waals surface area contributed by atoms with Crippen LogP contribution >= 0.6 is 45.5 Å². The molecule has 1 aliphatic rings. The molecule has 0 radical (unpaired) electrons. The summed E-state index contributed by atoms with van der Waals surface area (Å²) in [7, 11) is 1.58. The highest BCUT2D eigenvalue weighted by molar-refractivity contribution is 14.1. The van der Waals surface area contributed by atoms with Gasteiger partial charge in [-0.1, -0.05) is 53.3 Å². The summed E-state index contributed by atoms with van der Waals surface area (Å²) in [6.07, 6.45) is 1.68. The molecule has 1 aromatic heterocycles. The summed E-state index contributed by atoms with van der Waals surface area (Å²) in [6.45, 7) is 7.87. The lowest BCUT2D eigenvalue weighted by Gasteiger charge is -2.26. The molecule has 234 valence electrons. The fourth-order valence-corrected chi connectivity index (χ4v) is 7.09. The first-order chi connectivity index (χ1) is 21.6. The Morgan fingerprint density at radius 1 is 1.13 bits per heavy atom. The van der Waals surface area contributed by atoms with Crippen molar-refractivity contribution in [1.82, 2.24) is 4.57 Å². The molecule has 4 aromatic rings. The number of para-hydroxylation sites is 1. The average molecular weight is 759 g/mol. The minimum absolute atomic E-state index is 0.118. The molecule has 1 atom stereocenters. The van der Waals surface area contributed by atoms with Crippen molar-refractivity contribution in [3.63, 3.8) is 0 Å². The third kappa shape index (κ3) is 7.13. The van der Waals surface area contributed by atoms with Crippen LogP contribution in [0.15, 0.2) is 81.7 Å². The summed E-state index contributed by atoms with van der Waals surface area (Å²) in [5.74, 6) is 1.18. The third-order valence-electron chi connectivity index (χ3n) is 6.92. The van der Waals surface area contributed by atoms with Crippen LogP contribution in [-0.4, -0.2) is 30.4 Å². The van der Waals surface area contributed by atoms with Crippen molar-refractivity contribution in [3.8, 4) is 17.2 Å². The van der Waals surface area contributed by atoms with Crippen LogP contribution in [0.4, 0.5) is 0 Å². The van der Waals surface area contributed by atoms with Gasteiger partial charge in [-0.2, -0.15) is 0 Å². The topological polar surface area (TPSA) is 88.4 Å². The lowest BCUT2D eigenvalue weighted by atomic mass is 9.95. The van der Waals surface area contributed by atoms with Crippen LogP contribution in [0.3, 0.4) is 0 Å². The number of methoxy groups -OCH3 is 1. The van der Waals surface area contributed by atoms with Crippen molar-refractivity contribution in [2.24, 2.45) is 4.99 Å². The molecule has 0 fully saturated rings. The van der Waals surface area contributed by atoms with Crippen molar-refractivity contribution in [2.45, 2.75) is 46.4 Å². The number of aromatic nitrogens is 1. The Kier molecular flexibility index (Phi) is 10.4. The van der Waals surface area contributed by atoms with Gasteiger partial charge in [0.15, 0.2) is 16.3 Å². The number of rotatable bonds is 10. The molecule has 3 aromatic carbocycles. The van der Waals surface area contributed by atoms with Crippen LogP contribution in [0, 0.1) is 3.57 Å². The van der Waals surface area contributed by atoms with Gasteiger partial charge in [0.1, 0.15) is 18.4 Å². The van der Waals surface area contributed by atoms with Gasteiger partial charge in [-0.3, -0.25) is 9.36 Å². The number of esters is 1. The number of carbonyl (C=O) groups is 1. The predicted molar refractivity (Wildman–Crippen MR) is 184 cm³/mol. The lowest BCUT2D eigenvalue weighted by Crippen LogP contribution is -2.40. The van der Waals surface area contributed by atoms with E-state index in [-0.39, 0.29) is 18.3 Å². The zero-order valence-corrected chi connectivity index (χ0v) is 29.2. The second-order valence-corrected chi connectivity index (χ2v) is 13.1. The number of hydrogen-bond acceptors (Lipinski definition) is 8. The van der Waals surface area contributed by atoms with Crippen LogP contribution in [0.5, 0.6) is 17.2 Å². The van der Waals surface area contributed by atoms with Gasteiger partial charge in [0, 0.05) is 10.6 Å². The summed E-state index contributed by atoms with van der Waals surface area (Å²) >= 11 is 9.58. The molecule has 0 spiro atoms. The molecule has 5 rings (SSSR count). The van der Waals surface area contributed by atoms with E-state index in [0.717, 1.165) is 14.7 Å². The zero-order chi connectivity index (χ0) is 32.2. The molecule has 0 N–H and O–H groups in total. The fraction of sp³-hybridized carbons (Fsp3) is 0.265. The molecular formula is C34H32ClIN2O6S. The van der Waals surface area contributed by atoms with Gasteiger partial charge < -0.3 is 18.9 Å². The lowest BCUT2D eigenvalue weighted by molar-refractivity contribution is -0.139. The highest BCUT2D eigenvalue weighted by Gasteiger charge is 2.35. The monoisotopic (exact) mass is 758 g/mol. The molecule has 0 bridgehead atoms. The van der Waals surface area contributed by atoms with Gasteiger partial charge in [0.2, 0.25) is 0 Å². The maximum atomic E-state index is 14.2. The van der Waals surface area contributed by atoms with Crippen molar-refractivity contribution in [1.29, 1.82) is 0 Å². The number of ether oxygens (including phenoxy) is 4. The van der Waals surface area contributed by atoms with Crippen LogP contribution < -0.4 is 29.1 Å². The van der Waals surface area contributed by atoms with Crippen molar-refractivity contribution < 1.29 is 23.7 Å². The van der Waals surface area contributed by atoms with Gasteiger partial charge in [0.05, 0.1) is 39.2 Å². The van der Waals surface area contributed by atoms with Crippen LogP contribution in [0.1, 0.15) is 50.4 Å². The first-order valence-electron chi connectivity index (χ1n) is 14.3. The summed E-state index contributed by atoms with van der Waals surface area (Å²) < 4.78 is 26.2. The van der Waals surface area contributed by atoms with Crippen molar-refractivity contribution >= 4 is 57.6 Å². The fourth-order valence-electron chi connectivity index (χ4n) is 5.05. The Bertz CT molecular complexity index is 1970. The number of fused-ring (bicyclic) bond motifs is 1. The molecule has 0 saturated heterocycles. The molecule has 2 heterocycles. The standard InChI is InChI=1S/C34H32ClIN2O6S/c1-6-42-33(40)29-20(4)37-34-38(30(29)24-12-7-8-13-26(24)44-19(2)3)32(39)28(45-34)17-22-15-25(36)31(27(16-22)41-5)43-18-21-10-9-11-23(35)14-21/h7-17,19,30H,6,18H2,1-5H3/b28-17-/t30-/m1/s1. The molecule has 11 heteroatoms. The second-order valence-electron chi connectivity index (χ2n) is 10.5. The number of carbonyl (C=O) groups excluding carboxylic acids is 1. The molecule has 0 saturated carbocycles. The molecule has 45 heavy (non-hydrogen) atoms. The molecular weight excluding hydrogens is 727 g/mol. The minimum Gasteiger partial charge on any atom is -0.493 e. The average Bonchev–Trinajstić information content (AvgIpc) is 3.29. The van der Waals surface area contributed by atoms with E-state index in [1.54, 1.807) is 31.6 Å². The summed E-state index contributed by atoms with van der Waals surface area (Å²) in [6, 6.07) is 17.9. The maximum absolute atomic E-state index is 14.2. The van der Waals surface area contributed by atoms with E-state index in [4.69, 9.17) is 30.5 Å². The zero-order valence-electron chi connectivity index (χ0n) is 25.4. The second kappa shape index (κ2) is 14.2. The van der Waals surface area contributed by atoms with E-state index in [2.05, 4.69) is 27.6 Å². The van der Waals surface area contributed by atoms with Crippen molar-refractivity contribution in [2.75, 3.05) is 13.7 Å². The molecule has 0 unspecified atom stereocenters. The predicted octanol–water partition coefficient (Wildman–Crippen LogP) is 6.43. The van der Waals surface area contributed by atoms with Crippen molar-refractivity contribution in [3.05, 3.63) is 117 Å². The summed E-state index contributed by atoms with van der Waals surface area (Å²) in [4.78, 5) is 32.6. The SMILES string of the molecule is CCOC(=O)C1=C(C)N=c2s/c(=C\c3cc(I)c(OCc4cccc(Cl)c4)c(OC)c3)c(=O)n2[C@@H]1c1ccccc1OC(C)C. The Morgan fingerprint density at radius 2 is 1.91 bits per heavy atom. The number of thiazole rings is 1. The van der Waals surface area contributed by atoms with E-state index in [1.165, 1.54) is 11.3 Å². The van der Waals surface area contributed by atoms with Crippen LogP contribution in [-0.2, 0) is 16.1 Å². The Morgan fingerprint density at radius 3 is 2.62 bits per heavy atom. The number of allylic oxidation sites excluding steroid dienone is 1. The van der Waals surface area contributed by atoms with E-state index >= 15 is 0 Å². The normalized spacial score (nSPS) is 14.7. The molecule has 0 amide bonds. The first kappa shape index (κ1) is 32.8. The smallest absolute Gasteiger partial charge is 0.338 e. The van der Waals surface area contributed by atoms with Crippen LogP contribution in [0.25, 0.3) is 6.08 Å². The Labute approximate surface area is 283 Å². The van der Waals surface area contributed by atoms with Gasteiger partial charge in [-0.15, -0.1) is 0 Å². The van der Waals surface area contributed by atoms with E-state index in [0.29, 0.717) is 55.0 Å². The van der Waals surface area contributed by atoms with E-state index < -0.39 is 12.0 Å². The van der Waals surface area contributed by atoms with Gasteiger partial charge in [-0.05, 0) is 97.8 Å². The number of halogens is 2. The summed E-state index contributed by atoms with van der Waals surface area (Å²) in [5, 5.41) is 0.636. The van der Waals surface area contributed by atoms with Gasteiger partial charge in [0.25, 0.3) is 5.56 Å². The van der Waals surface area contributed by atoms with Gasteiger partial charge >= 0.3 is 5.97 Å². The maximum Gasteiger partial charge on any atom is 0.338 e. The highest BCUT2D eigenvalue weighted by Crippen LogP contribution is 2.37. The number of benzene rings is 3.